The van der Waals surface area contributed by atoms with Crippen LogP contribution in [-0.4, -0.2) is 20.2 Å². The van der Waals surface area contributed by atoms with Crippen LogP contribution in [0.3, 0.4) is 0 Å². The number of halogens is 1. The smallest absolute Gasteiger partial charge is 0.271 e. The van der Waals surface area contributed by atoms with E-state index in [-0.39, 0.29) is 16.6 Å². The Morgan fingerprint density at radius 3 is 2.83 bits per heavy atom. The quantitative estimate of drug-likeness (QED) is 0.588. The molecule has 0 bridgehead atoms. The van der Waals surface area contributed by atoms with Crippen molar-refractivity contribution in [1.82, 2.24) is 9.38 Å². The molecule has 0 radical (unpaired) electrons. The molecule has 2 aromatic heterocycles. The zero-order chi connectivity index (χ0) is 16.6. The summed E-state index contributed by atoms with van der Waals surface area (Å²) in [6.07, 6.45) is 3.59. The van der Waals surface area contributed by atoms with Gasteiger partial charge >= 0.3 is 0 Å². The first kappa shape index (κ1) is 15.0. The van der Waals surface area contributed by atoms with Gasteiger partial charge in [-0.1, -0.05) is 11.6 Å². The van der Waals surface area contributed by atoms with Gasteiger partial charge in [-0.15, -0.1) is 0 Å². The predicted octanol–water partition coefficient (Wildman–Crippen LogP) is 3.46. The Kier molecular flexibility index (Phi) is 3.71. The van der Waals surface area contributed by atoms with Crippen LogP contribution in [0.1, 0.15) is 16.1 Å². The van der Waals surface area contributed by atoms with Gasteiger partial charge in [0.25, 0.3) is 11.6 Å². The van der Waals surface area contributed by atoms with Gasteiger partial charge in [-0.2, -0.15) is 0 Å². The number of benzene rings is 1. The summed E-state index contributed by atoms with van der Waals surface area (Å²) in [5.74, 6) is -0.371. The Morgan fingerprint density at radius 1 is 1.35 bits per heavy atom. The number of aromatic nitrogens is 2. The largest absolute Gasteiger partial charge is 0.321 e. The lowest BCUT2D eigenvalue weighted by atomic mass is 10.2. The number of non-ortho nitro benzene ring substituents is 1. The van der Waals surface area contributed by atoms with Crippen molar-refractivity contribution in [3.05, 3.63) is 69.1 Å². The molecule has 7 nitrogen and oxygen atoms in total. The van der Waals surface area contributed by atoms with Crippen LogP contribution in [0.2, 0.25) is 5.02 Å². The van der Waals surface area contributed by atoms with Gasteiger partial charge in [0, 0.05) is 30.1 Å². The molecular formula is C15H11ClN4O3. The number of pyridine rings is 1. The van der Waals surface area contributed by atoms with Crippen LogP contribution in [0, 0.1) is 17.0 Å². The van der Waals surface area contributed by atoms with Crippen LogP contribution in [0.25, 0.3) is 5.65 Å². The fourth-order valence-corrected chi connectivity index (χ4v) is 2.39. The summed E-state index contributed by atoms with van der Waals surface area (Å²) in [4.78, 5) is 26.7. The van der Waals surface area contributed by atoms with Crippen LogP contribution < -0.4 is 5.32 Å². The summed E-state index contributed by atoms with van der Waals surface area (Å²) in [6.45, 7) is 1.86. The molecule has 1 aromatic carbocycles. The number of hydrogen-bond donors (Lipinski definition) is 1. The first-order valence-electron chi connectivity index (χ1n) is 6.65. The number of carbonyl (C=O) groups excluding carboxylic acids is 1. The Hall–Kier alpha value is -2.93. The zero-order valence-corrected chi connectivity index (χ0v) is 12.7. The first-order valence-corrected chi connectivity index (χ1v) is 7.02. The highest BCUT2D eigenvalue weighted by Gasteiger charge is 2.13. The van der Waals surface area contributed by atoms with Crippen molar-refractivity contribution in [3.8, 4) is 0 Å². The van der Waals surface area contributed by atoms with Crippen molar-refractivity contribution in [2.45, 2.75) is 6.92 Å². The van der Waals surface area contributed by atoms with Crippen molar-refractivity contribution in [1.29, 1.82) is 0 Å². The highest BCUT2D eigenvalue weighted by Crippen LogP contribution is 2.27. The molecule has 3 aromatic rings. The van der Waals surface area contributed by atoms with Crippen LogP contribution in [0.4, 0.5) is 11.4 Å². The van der Waals surface area contributed by atoms with Crippen molar-refractivity contribution in [2.24, 2.45) is 0 Å². The Morgan fingerprint density at radius 2 is 2.13 bits per heavy atom. The van der Waals surface area contributed by atoms with Gasteiger partial charge in [-0.05, 0) is 25.1 Å². The average molecular weight is 331 g/mol. The number of nitrogens with zero attached hydrogens (tertiary/aromatic N) is 3. The highest BCUT2D eigenvalue weighted by atomic mass is 35.5. The molecule has 2 heterocycles. The third-order valence-electron chi connectivity index (χ3n) is 3.25. The second-order valence-corrected chi connectivity index (χ2v) is 5.35. The minimum absolute atomic E-state index is 0.102. The second-order valence-electron chi connectivity index (χ2n) is 4.94. The minimum atomic E-state index is -0.550. The number of imidazole rings is 1. The third-order valence-corrected chi connectivity index (χ3v) is 3.57. The Labute approximate surface area is 135 Å². The maximum absolute atomic E-state index is 12.3. The van der Waals surface area contributed by atoms with Crippen molar-refractivity contribution >= 4 is 34.5 Å². The number of nitro benzene ring substituents is 1. The van der Waals surface area contributed by atoms with Gasteiger partial charge < -0.3 is 9.72 Å². The van der Waals surface area contributed by atoms with Crippen LogP contribution >= 0.6 is 11.6 Å². The van der Waals surface area contributed by atoms with E-state index < -0.39 is 4.92 Å². The summed E-state index contributed by atoms with van der Waals surface area (Å²) >= 11 is 5.97. The topological polar surface area (TPSA) is 89.5 Å². The molecule has 1 amide bonds. The zero-order valence-electron chi connectivity index (χ0n) is 12.0. The van der Waals surface area contributed by atoms with Gasteiger partial charge in [0.05, 0.1) is 21.3 Å². The van der Waals surface area contributed by atoms with E-state index in [0.717, 1.165) is 5.69 Å². The van der Waals surface area contributed by atoms with E-state index in [4.69, 9.17) is 11.6 Å². The minimum Gasteiger partial charge on any atom is -0.321 e. The SMILES string of the molecule is Cc1cn2ccc(C(=O)Nc3ccc([N+](=O)[O-])cc3Cl)cc2n1. The molecule has 0 saturated carbocycles. The van der Waals surface area contributed by atoms with E-state index in [2.05, 4.69) is 10.3 Å². The van der Waals surface area contributed by atoms with Gasteiger partial charge in [0.2, 0.25) is 0 Å². The van der Waals surface area contributed by atoms with Gasteiger partial charge in [0.1, 0.15) is 5.65 Å². The molecule has 1 N–H and O–H groups in total. The summed E-state index contributed by atoms with van der Waals surface area (Å²) in [6, 6.07) is 7.18. The molecule has 0 atom stereocenters. The lowest BCUT2D eigenvalue weighted by Gasteiger charge is -2.07. The maximum atomic E-state index is 12.3. The molecule has 3 rings (SSSR count). The molecule has 0 aliphatic rings. The molecule has 0 unspecified atom stereocenters. The van der Waals surface area contributed by atoms with Crippen molar-refractivity contribution in [3.63, 3.8) is 0 Å². The van der Waals surface area contributed by atoms with E-state index in [0.29, 0.717) is 16.9 Å². The monoisotopic (exact) mass is 330 g/mol. The molecule has 23 heavy (non-hydrogen) atoms. The lowest BCUT2D eigenvalue weighted by Crippen LogP contribution is -2.12. The fraction of sp³-hybridized carbons (Fsp3) is 0.0667. The van der Waals surface area contributed by atoms with E-state index in [9.17, 15) is 14.9 Å². The van der Waals surface area contributed by atoms with E-state index in [1.54, 1.807) is 18.3 Å². The maximum Gasteiger partial charge on any atom is 0.271 e. The van der Waals surface area contributed by atoms with Crippen molar-refractivity contribution in [2.75, 3.05) is 5.32 Å². The van der Waals surface area contributed by atoms with Gasteiger partial charge in [-0.25, -0.2) is 4.98 Å². The molecule has 0 saturated heterocycles. The number of nitro groups is 1. The van der Waals surface area contributed by atoms with Gasteiger partial charge in [0.15, 0.2) is 0 Å². The van der Waals surface area contributed by atoms with Gasteiger partial charge in [-0.3, -0.25) is 14.9 Å². The summed E-state index contributed by atoms with van der Waals surface area (Å²) in [5.41, 5.74) is 2.09. The number of nitrogens with one attached hydrogen (secondary N) is 1. The molecule has 0 spiro atoms. The molecule has 0 aliphatic carbocycles. The lowest BCUT2D eigenvalue weighted by molar-refractivity contribution is -0.384. The number of amides is 1. The standard InChI is InChI=1S/C15H11ClN4O3/c1-9-8-19-5-4-10(6-14(19)17-9)15(21)18-13-3-2-11(20(22)23)7-12(13)16/h2-8H,1H3,(H,18,21). The summed E-state index contributed by atoms with van der Waals surface area (Å²) < 4.78 is 1.81. The fourth-order valence-electron chi connectivity index (χ4n) is 2.16. The number of rotatable bonds is 3. The molecule has 0 aliphatic heterocycles. The number of aryl methyl sites for hydroxylation is 1. The average Bonchev–Trinajstić information content (AvgIpc) is 2.88. The van der Waals surface area contributed by atoms with E-state index in [1.165, 1.54) is 18.2 Å². The Bertz CT molecular complexity index is 936. The number of anilines is 1. The number of carbonyl (C=O) groups is 1. The second kappa shape index (κ2) is 5.69. The van der Waals surface area contributed by atoms with E-state index in [1.807, 2.05) is 17.5 Å². The van der Waals surface area contributed by atoms with Crippen LogP contribution in [0.5, 0.6) is 0 Å². The first-order chi connectivity index (χ1) is 10.9. The van der Waals surface area contributed by atoms with Crippen LogP contribution in [-0.2, 0) is 0 Å². The van der Waals surface area contributed by atoms with Crippen LogP contribution in [0.15, 0.2) is 42.7 Å². The molecule has 0 fully saturated rings. The predicted molar refractivity (Wildman–Crippen MR) is 86.0 cm³/mol. The Balaban J connectivity index is 1.86. The number of fused-ring (bicyclic) bond motifs is 1. The summed E-state index contributed by atoms with van der Waals surface area (Å²) in [5, 5.41) is 13.4. The van der Waals surface area contributed by atoms with E-state index >= 15 is 0 Å². The van der Waals surface area contributed by atoms with Crippen molar-refractivity contribution < 1.29 is 9.72 Å². The molecule has 116 valence electrons. The normalized spacial score (nSPS) is 10.7. The molecule has 8 heteroatoms. The third kappa shape index (κ3) is 3.00. The molecular weight excluding hydrogens is 320 g/mol. The number of hydrogen-bond acceptors (Lipinski definition) is 4. The summed E-state index contributed by atoms with van der Waals surface area (Å²) in [7, 11) is 0. The highest BCUT2D eigenvalue weighted by molar-refractivity contribution is 6.34.